The van der Waals surface area contributed by atoms with E-state index in [-0.39, 0.29) is 12.1 Å². The van der Waals surface area contributed by atoms with Crippen LogP contribution in [-0.4, -0.2) is 29.6 Å². The van der Waals surface area contributed by atoms with Gasteiger partial charge in [0.05, 0.1) is 17.8 Å². The lowest BCUT2D eigenvalue weighted by Crippen LogP contribution is -2.29. The molecule has 8 nitrogen and oxygen atoms in total. The first-order valence-electron chi connectivity index (χ1n) is 12.0. The number of para-hydroxylation sites is 1. The average Bonchev–Trinajstić information content (AvgIpc) is 3.63. The van der Waals surface area contributed by atoms with Crippen LogP contribution in [0.2, 0.25) is 0 Å². The van der Waals surface area contributed by atoms with Crippen molar-refractivity contribution in [2.24, 2.45) is 0 Å². The molecule has 184 valence electrons. The second kappa shape index (κ2) is 9.51. The number of nitrogens with zero attached hydrogens (tertiary/aromatic N) is 6. The number of hydrogen-bond donors (Lipinski definition) is 1. The molecule has 9 heteroatoms. The summed E-state index contributed by atoms with van der Waals surface area (Å²) >= 11 is 5.90. The lowest BCUT2D eigenvalue weighted by Gasteiger charge is -2.28. The fraction of sp³-hybridized carbons (Fsp3) is 0.143. The van der Waals surface area contributed by atoms with E-state index in [1.54, 1.807) is 12.7 Å². The zero-order chi connectivity index (χ0) is 25.4. The first kappa shape index (κ1) is 22.9. The fourth-order valence-corrected chi connectivity index (χ4v) is 5.33. The quantitative estimate of drug-likeness (QED) is 0.310. The molecule has 0 bridgehead atoms. The van der Waals surface area contributed by atoms with Gasteiger partial charge in [-0.1, -0.05) is 24.3 Å². The highest BCUT2D eigenvalue weighted by Crippen LogP contribution is 2.43. The molecule has 1 saturated heterocycles. The third-order valence-corrected chi connectivity index (χ3v) is 6.90. The minimum absolute atomic E-state index is 0.125. The number of anilines is 1. The molecule has 0 aliphatic carbocycles. The lowest BCUT2D eigenvalue weighted by atomic mass is 9.96. The van der Waals surface area contributed by atoms with Gasteiger partial charge in [-0.15, -0.1) is 10.2 Å². The molecule has 5 aromatic rings. The van der Waals surface area contributed by atoms with Gasteiger partial charge in [-0.2, -0.15) is 0 Å². The van der Waals surface area contributed by atoms with E-state index in [0.717, 1.165) is 39.8 Å². The van der Waals surface area contributed by atoms with E-state index in [0.29, 0.717) is 5.11 Å². The molecule has 0 amide bonds. The zero-order valence-corrected chi connectivity index (χ0v) is 21.2. The molecule has 3 aromatic heterocycles. The summed E-state index contributed by atoms with van der Waals surface area (Å²) in [6, 6.07) is 25.7. The van der Waals surface area contributed by atoms with Crippen molar-refractivity contribution in [1.29, 1.82) is 0 Å². The molecule has 1 aliphatic heterocycles. The smallest absolute Gasteiger partial charge is 0.174 e. The van der Waals surface area contributed by atoms with Crippen LogP contribution >= 0.6 is 12.2 Å². The highest BCUT2D eigenvalue weighted by Gasteiger charge is 2.42. The van der Waals surface area contributed by atoms with Gasteiger partial charge in [0.1, 0.15) is 24.2 Å². The maximum absolute atomic E-state index is 6.01. The van der Waals surface area contributed by atoms with E-state index < -0.39 is 0 Å². The number of rotatable bonds is 6. The molecular weight excluding hydrogens is 482 g/mol. The Morgan fingerprint density at radius 1 is 0.865 bits per heavy atom. The molecule has 1 fully saturated rings. The van der Waals surface area contributed by atoms with Crippen LogP contribution in [0.4, 0.5) is 5.69 Å². The number of aryl methyl sites for hydroxylation is 1. The van der Waals surface area contributed by atoms with Crippen LogP contribution in [0.1, 0.15) is 34.7 Å². The largest absolute Gasteiger partial charge is 0.457 e. The Bertz CT molecular complexity index is 1520. The summed E-state index contributed by atoms with van der Waals surface area (Å²) in [7, 11) is 0. The summed E-state index contributed by atoms with van der Waals surface area (Å²) < 4.78 is 9.99. The highest BCUT2D eigenvalue weighted by molar-refractivity contribution is 7.80. The van der Waals surface area contributed by atoms with Gasteiger partial charge in [0.15, 0.2) is 5.11 Å². The monoisotopic (exact) mass is 507 g/mol. The predicted octanol–water partition coefficient (Wildman–Crippen LogP) is 5.37. The molecule has 1 N–H and O–H groups in total. The maximum atomic E-state index is 6.01. The highest BCUT2D eigenvalue weighted by atomic mass is 32.1. The van der Waals surface area contributed by atoms with E-state index in [4.69, 9.17) is 17.0 Å². The Hall–Kier alpha value is -4.50. The molecule has 1 aliphatic rings. The molecular formula is C28H25N7OS. The normalized spacial score (nSPS) is 17.1. The zero-order valence-electron chi connectivity index (χ0n) is 20.4. The van der Waals surface area contributed by atoms with Crippen molar-refractivity contribution in [3.05, 3.63) is 120 Å². The third-order valence-electron chi connectivity index (χ3n) is 6.58. The number of ether oxygens (including phenoxy) is 1. The Morgan fingerprint density at radius 2 is 1.57 bits per heavy atom. The molecule has 2 aromatic carbocycles. The average molecular weight is 508 g/mol. The second-order valence-electron chi connectivity index (χ2n) is 8.89. The molecule has 2 atom stereocenters. The molecule has 4 heterocycles. The Labute approximate surface area is 220 Å². The number of hydrogen-bond acceptors (Lipinski definition) is 5. The van der Waals surface area contributed by atoms with Gasteiger partial charge < -0.3 is 15.0 Å². The maximum Gasteiger partial charge on any atom is 0.174 e. The van der Waals surface area contributed by atoms with Crippen molar-refractivity contribution >= 4 is 23.0 Å². The number of thiocarbonyl (C=S) groups is 1. The summed E-state index contributed by atoms with van der Waals surface area (Å²) in [5.74, 6) is 1.56. The number of pyridine rings is 1. The van der Waals surface area contributed by atoms with Crippen molar-refractivity contribution in [2.45, 2.75) is 25.9 Å². The van der Waals surface area contributed by atoms with Crippen LogP contribution in [-0.2, 0) is 0 Å². The molecule has 37 heavy (non-hydrogen) atoms. The second-order valence-corrected chi connectivity index (χ2v) is 9.27. The van der Waals surface area contributed by atoms with Crippen LogP contribution in [0.5, 0.6) is 11.5 Å². The van der Waals surface area contributed by atoms with Gasteiger partial charge in [0.2, 0.25) is 0 Å². The minimum Gasteiger partial charge on any atom is -0.457 e. The van der Waals surface area contributed by atoms with Crippen molar-refractivity contribution in [1.82, 2.24) is 29.9 Å². The molecule has 0 radical (unpaired) electrons. The lowest BCUT2D eigenvalue weighted by molar-refractivity contribution is 0.482. The van der Waals surface area contributed by atoms with E-state index in [1.807, 2.05) is 83.7 Å². The summed E-state index contributed by atoms with van der Waals surface area (Å²) in [6.45, 7) is 4.18. The molecule has 0 saturated carbocycles. The Kier molecular flexibility index (Phi) is 5.90. The van der Waals surface area contributed by atoms with E-state index in [9.17, 15) is 0 Å². The molecule has 0 spiro atoms. The van der Waals surface area contributed by atoms with Gasteiger partial charge in [0, 0.05) is 28.8 Å². The Balaban J connectivity index is 1.41. The van der Waals surface area contributed by atoms with Crippen LogP contribution in [0, 0.1) is 13.8 Å². The van der Waals surface area contributed by atoms with E-state index >= 15 is 0 Å². The van der Waals surface area contributed by atoms with Crippen molar-refractivity contribution in [3.8, 4) is 11.5 Å². The van der Waals surface area contributed by atoms with E-state index in [2.05, 4.69) is 50.0 Å². The van der Waals surface area contributed by atoms with Crippen LogP contribution < -0.4 is 15.0 Å². The first-order valence-corrected chi connectivity index (χ1v) is 12.4. The van der Waals surface area contributed by atoms with Crippen molar-refractivity contribution in [3.63, 3.8) is 0 Å². The Morgan fingerprint density at radius 3 is 2.27 bits per heavy atom. The summed E-state index contributed by atoms with van der Waals surface area (Å²) in [6.07, 6.45) is 5.21. The third kappa shape index (κ3) is 4.23. The van der Waals surface area contributed by atoms with Crippen LogP contribution in [0.3, 0.4) is 0 Å². The topological polar surface area (TPSA) is 73.0 Å². The summed E-state index contributed by atoms with van der Waals surface area (Å²) in [4.78, 5) is 6.83. The standard InChI is InChI=1S/C28H25N7OS/c1-19-16-24(20(2)35(19)33-17-30-31-18-33)27-26(25-10-6-7-15-29-25)32-28(37)34(27)21-11-13-23(14-12-21)36-22-8-4-3-5-9-22/h3-18,26-27H,1-2H3,(H,32,37). The molecule has 2 unspecified atom stereocenters. The van der Waals surface area contributed by atoms with Gasteiger partial charge in [-0.25, -0.2) is 4.68 Å². The number of benzene rings is 2. The molecule has 6 rings (SSSR count). The SMILES string of the molecule is Cc1cc(C2C(c3ccccn3)NC(=S)N2c2ccc(Oc3ccccc3)cc2)c(C)n1-n1cnnc1. The van der Waals surface area contributed by atoms with Gasteiger partial charge in [-0.05, 0) is 80.7 Å². The van der Waals surface area contributed by atoms with Crippen molar-refractivity contribution in [2.75, 3.05) is 4.90 Å². The van der Waals surface area contributed by atoms with Crippen LogP contribution in [0.15, 0.2) is 97.7 Å². The number of nitrogens with one attached hydrogen (secondary N) is 1. The van der Waals surface area contributed by atoms with Gasteiger partial charge in [0.25, 0.3) is 0 Å². The summed E-state index contributed by atoms with van der Waals surface area (Å²) in [5.41, 5.74) is 5.17. The predicted molar refractivity (Wildman–Crippen MR) is 146 cm³/mol. The van der Waals surface area contributed by atoms with Gasteiger partial charge in [-0.3, -0.25) is 9.66 Å². The van der Waals surface area contributed by atoms with Crippen molar-refractivity contribution < 1.29 is 4.74 Å². The number of aromatic nitrogens is 5. The fourth-order valence-electron chi connectivity index (χ4n) is 4.98. The summed E-state index contributed by atoms with van der Waals surface area (Å²) in [5, 5.41) is 12.2. The van der Waals surface area contributed by atoms with Crippen LogP contribution in [0.25, 0.3) is 0 Å². The van der Waals surface area contributed by atoms with Gasteiger partial charge >= 0.3 is 0 Å². The minimum atomic E-state index is -0.135. The first-order chi connectivity index (χ1) is 18.1. The van der Waals surface area contributed by atoms with E-state index in [1.165, 1.54) is 0 Å².